The van der Waals surface area contributed by atoms with Gasteiger partial charge in [-0.2, -0.15) is 0 Å². The van der Waals surface area contributed by atoms with Crippen molar-refractivity contribution in [3.8, 4) is 0 Å². The molecule has 0 aromatic heterocycles. The predicted molar refractivity (Wildman–Crippen MR) is 68.5 cm³/mol. The highest BCUT2D eigenvalue weighted by atomic mass is 35.5. The molecule has 0 spiro atoms. The highest BCUT2D eigenvalue weighted by molar-refractivity contribution is 6.30. The first-order chi connectivity index (χ1) is 8.41. The van der Waals surface area contributed by atoms with Crippen molar-refractivity contribution in [1.29, 1.82) is 0 Å². The first-order valence-corrected chi connectivity index (χ1v) is 5.79. The van der Waals surface area contributed by atoms with E-state index in [0.717, 1.165) is 18.2 Å². The fraction of sp³-hybridized carbons (Fsp3) is 0.143. The number of nitrogens with two attached hydrogens (primary N) is 1. The molecule has 94 valence electrons. The molecule has 0 fully saturated rings. The van der Waals surface area contributed by atoms with E-state index in [9.17, 15) is 8.78 Å². The monoisotopic (exact) mass is 267 g/mol. The summed E-state index contributed by atoms with van der Waals surface area (Å²) in [4.78, 5) is 0. The molecule has 1 atom stereocenters. The summed E-state index contributed by atoms with van der Waals surface area (Å²) in [6, 6.07) is 9.99. The molecule has 4 heteroatoms. The Labute approximate surface area is 109 Å². The van der Waals surface area contributed by atoms with Crippen LogP contribution in [0.2, 0.25) is 5.02 Å². The van der Waals surface area contributed by atoms with Gasteiger partial charge < -0.3 is 5.73 Å². The molecule has 0 saturated carbocycles. The Bertz CT molecular complexity index is 565. The van der Waals surface area contributed by atoms with Gasteiger partial charge in [-0.15, -0.1) is 0 Å². The summed E-state index contributed by atoms with van der Waals surface area (Å²) < 4.78 is 27.0. The molecule has 18 heavy (non-hydrogen) atoms. The zero-order valence-corrected chi connectivity index (χ0v) is 10.5. The molecule has 0 saturated heterocycles. The van der Waals surface area contributed by atoms with Gasteiger partial charge in [0.25, 0.3) is 0 Å². The zero-order valence-electron chi connectivity index (χ0n) is 9.75. The Hall–Kier alpha value is -1.45. The van der Waals surface area contributed by atoms with Crippen LogP contribution in [0.4, 0.5) is 8.78 Å². The number of halogens is 3. The maximum absolute atomic E-state index is 13.8. The van der Waals surface area contributed by atoms with Crippen LogP contribution in [0.1, 0.15) is 18.1 Å². The summed E-state index contributed by atoms with van der Waals surface area (Å²) in [5.74, 6) is -1.05. The Morgan fingerprint density at radius 3 is 2.28 bits per heavy atom. The molecule has 0 amide bonds. The molecule has 1 unspecified atom stereocenters. The number of hydrogen-bond acceptors (Lipinski definition) is 1. The fourth-order valence-corrected chi connectivity index (χ4v) is 1.97. The molecule has 2 aromatic carbocycles. The first kappa shape index (κ1) is 13.0. The molecule has 0 aliphatic heterocycles. The van der Waals surface area contributed by atoms with E-state index < -0.39 is 17.2 Å². The second-order valence-electron chi connectivity index (χ2n) is 4.33. The van der Waals surface area contributed by atoms with Crippen molar-refractivity contribution in [1.82, 2.24) is 0 Å². The largest absolute Gasteiger partial charge is 0.318 e. The predicted octanol–water partition coefficient (Wildman–Crippen LogP) is 3.84. The lowest BCUT2D eigenvalue weighted by Gasteiger charge is -2.26. The highest BCUT2D eigenvalue weighted by Gasteiger charge is 2.27. The van der Waals surface area contributed by atoms with Crippen molar-refractivity contribution in [2.24, 2.45) is 5.73 Å². The van der Waals surface area contributed by atoms with Crippen molar-refractivity contribution in [2.75, 3.05) is 0 Å². The van der Waals surface area contributed by atoms with Gasteiger partial charge in [0.15, 0.2) is 0 Å². The third-order valence-corrected chi connectivity index (χ3v) is 3.18. The molecule has 0 radical (unpaired) electrons. The van der Waals surface area contributed by atoms with E-state index in [1.54, 1.807) is 31.2 Å². The van der Waals surface area contributed by atoms with Gasteiger partial charge in [-0.25, -0.2) is 8.78 Å². The maximum atomic E-state index is 13.8. The normalized spacial score (nSPS) is 14.3. The lowest BCUT2D eigenvalue weighted by atomic mass is 9.85. The topological polar surface area (TPSA) is 26.0 Å². The molecular weight excluding hydrogens is 256 g/mol. The average molecular weight is 268 g/mol. The summed E-state index contributed by atoms with van der Waals surface area (Å²) in [7, 11) is 0. The van der Waals surface area contributed by atoms with Crippen molar-refractivity contribution < 1.29 is 8.78 Å². The molecule has 0 aliphatic carbocycles. The first-order valence-electron chi connectivity index (χ1n) is 5.42. The van der Waals surface area contributed by atoms with E-state index in [1.165, 1.54) is 0 Å². The van der Waals surface area contributed by atoms with Gasteiger partial charge in [0.2, 0.25) is 0 Å². The van der Waals surface area contributed by atoms with Crippen molar-refractivity contribution in [2.45, 2.75) is 12.5 Å². The van der Waals surface area contributed by atoms with Gasteiger partial charge in [-0.05, 0) is 42.8 Å². The summed E-state index contributed by atoms with van der Waals surface area (Å²) in [6.07, 6.45) is 0. The molecule has 0 bridgehead atoms. The van der Waals surface area contributed by atoms with Crippen LogP contribution in [0.25, 0.3) is 0 Å². The minimum absolute atomic E-state index is 0.116. The van der Waals surface area contributed by atoms with Gasteiger partial charge in [-0.1, -0.05) is 23.7 Å². The third-order valence-electron chi connectivity index (χ3n) is 2.93. The van der Waals surface area contributed by atoms with Gasteiger partial charge >= 0.3 is 0 Å². The van der Waals surface area contributed by atoms with Gasteiger partial charge in [0, 0.05) is 10.6 Å². The summed E-state index contributed by atoms with van der Waals surface area (Å²) in [6.45, 7) is 1.63. The standard InChI is InChI=1S/C14H12ClF2N/c1-14(18,9-2-4-10(15)5-3-9)12-8-11(16)6-7-13(12)17/h2-8H,18H2,1H3. The van der Waals surface area contributed by atoms with Crippen LogP contribution >= 0.6 is 11.6 Å². The third kappa shape index (κ3) is 2.37. The zero-order chi connectivity index (χ0) is 13.3. The van der Waals surface area contributed by atoms with Crippen LogP contribution < -0.4 is 5.73 Å². The minimum Gasteiger partial charge on any atom is -0.318 e. The summed E-state index contributed by atoms with van der Waals surface area (Å²) in [5.41, 5.74) is 5.79. The van der Waals surface area contributed by atoms with Crippen LogP contribution in [-0.2, 0) is 5.54 Å². The van der Waals surface area contributed by atoms with E-state index >= 15 is 0 Å². The van der Waals surface area contributed by atoms with Crippen LogP contribution in [0.3, 0.4) is 0 Å². The minimum atomic E-state index is -1.11. The Balaban J connectivity index is 2.53. The van der Waals surface area contributed by atoms with E-state index in [1.807, 2.05) is 0 Å². The SMILES string of the molecule is CC(N)(c1ccc(Cl)cc1)c1cc(F)ccc1F. The van der Waals surface area contributed by atoms with Gasteiger partial charge in [0.1, 0.15) is 11.6 Å². The molecule has 0 aliphatic rings. The number of benzene rings is 2. The van der Waals surface area contributed by atoms with Crippen molar-refractivity contribution in [3.05, 3.63) is 70.2 Å². The molecular formula is C14H12ClF2N. The number of rotatable bonds is 2. The quantitative estimate of drug-likeness (QED) is 0.879. The molecule has 1 nitrogen and oxygen atoms in total. The average Bonchev–Trinajstić information content (AvgIpc) is 2.32. The Morgan fingerprint density at radius 1 is 1.06 bits per heavy atom. The Kier molecular flexibility index (Phi) is 3.37. The molecule has 2 aromatic rings. The Morgan fingerprint density at radius 2 is 1.67 bits per heavy atom. The molecule has 2 rings (SSSR count). The highest BCUT2D eigenvalue weighted by Crippen LogP contribution is 2.29. The summed E-state index contributed by atoms with van der Waals surface area (Å²) in [5, 5.41) is 0.564. The summed E-state index contributed by atoms with van der Waals surface area (Å²) >= 11 is 5.79. The maximum Gasteiger partial charge on any atom is 0.128 e. The smallest absolute Gasteiger partial charge is 0.128 e. The van der Waals surface area contributed by atoms with Crippen molar-refractivity contribution in [3.63, 3.8) is 0 Å². The second kappa shape index (κ2) is 4.67. The molecule has 2 N–H and O–H groups in total. The lowest BCUT2D eigenvalue weighted by molar-refractivity contribution is 0.518. The fourth-order valence-electron chi connectivity index (χ4n) is 1.85. The van der Waals surface area contributed by atoms with Crippen LogP contribution in [-0.4, -0.2) is 0 Å². The van der Waals surface area contributed by atoms with Crippen LogP contribution in [0.5, 0.6) is 0 Å². The lowest BCUT2D eigenvalue weighted by Crippen LogP contribution is -2.35. The van der Waals surface area contributed by atoms with E-state index in [0.29, 0.717) is 10.6 Å². The number of hydrogen-bond donors (Lipinski definition) is 1. The van der Waals surface area contributed by atoms with E-state index in [2.05, 4.69) is 0 Å². The molecule has 0 heterocycles. The van der Waals surface area contributed by atoms with E-state index in [4.69, 9.17) is 17.3 Å². The van der Waals surface area contributed by atoms with Crippen molar-refractivity contribution >= 4 is 11.6 Å². The van der Waals surface area contributed by atoms with Gasteiger partial charge in [-0.3, -0.25) is 0 Å². The van der Waals surface area contributed by atoms with Crippen LogP contribution in [0, 0.1) is 11.6 Å². The van der Waals surface area contributed by atoms with E-state index in [-0.39, 0.29) is 5.56 Å². The second-order valence-corrected chi connectivity index (χ2v) is 4.77. The van der Waals surface area contributed by atoms with Gasteiger partial charge in [0.05, 0.1) is 5.54 Å². The van der Waals surface area contributed by atoms with Crippen LogP contribution in [0.15, 0.2) is 42.5 Å².